The van der Waals surface area contributed by atoms with Crippen LogP contribution in [0.3, 0.4) is 0 Å². The van der Waals surface area contributed by atoms with E-state index in [9.17, 15) is 0 Å². The van der Waals surface area contributed by atoms with Gasteiger partial charge in [-0.2, -0.15) is 0 Å². The van der Waals surface area contributed by atoms with E-state index >= 15 is 0 Å². The predicted molar refractivity (Wildman–Crippen MR) is 63.2 cm³/mol. The minimum atomic E-state index is -0.330. The summed E-state index contributed by atoms with van der Waals surface area (Å²) in [5, 5.41) is 0. The summed E-state index contributed by atoms with van der Waals surface area (Å²) in [6.07, 6.45) is 3.59. The lowest BCUT2D eigenvalue weighted by atomic mass is 9.80. The number of nitrogens with two attached hydrogens (primary N) is 1. The second kappa shape index (κ2) is 4.16. The fourth-order valence-electron chi connectivity index (χ4n) is 1.64. The van der Waals surface area contributed by atoms with Crippen molar-refractivity contribution in [3.63, 3.8) is 0 Å². The quantitative estimate of drug-likeness (QED) is 0.735. The Morgan fingerprint density at radius 2 is 2.25 bits per heavy atom. The molecule has 0 aromatic carbocycles. The minimum absolute atomic E-state index is 0.0685. The standard InChI is InChI=1S/C11H17BN2O2/c1-8-11(2,3)16-12(15-8)10-4-9(5-13)6-14-7-10/h4,6-8H,5,13H2,1-3H3. The molecule has 1 unspecified atom stereocenters. The first-order valence-electron chi connectivity index (χ1n) is 5.50. The maximum absolute atomic E-state index is 5.84. The first kappa shape index (κ1) is 11.6. The van der Waals surface area contributed by atoms with Crippen LogP contribution in [-0.4, -0.2) is 23.8 Å². The van der Waals surface area contributed by atoms with Crippen LogP contribution in [0.2, 0.25) is 0 Å². The Hall–Kier alpha value is -0.905. The van der Waals surface area contributed by atoms with Gasteiger partial charge in [0.15, 0.2) is 0 Å². The monoisotopic (exact) mass is 220 g/mol. The Labute approximate surface area is 96.3 Å². The number of pyridine rings is 1. The van der Waals surface area contributed by atoms with Gasteiger partial charge in [0.05, 0.1) is 11.7 Å². The summed E-state index contributed by atoms with van der Waals surface area (Å²) < 4.78 is 11.6. The Kier molecular flexibility index (Phi) is 3.01. The van der Waals surface area contributed by atoms with Gasteiger partial charge in [-0.25, -0.2) is 0 Å². The normalized spacial score (nSPS) is 23.8. The highest BCUT2D eigenvalue weighted by Crippen LogP contribution is 2.26. The Morgan fingerprint density at radius 1 is 1.50 bits per heavy atom. The van der Waals surface area contributed by atoms with Crippen LogP contribution in [0.4, 0.5) is 0 Å². The molecule has 0 radical (unpaired) electrons. The molecular weight excluding hydrogens is 203 g/mol. The molecule has 2 N–H and O–H groups in total. The van der Waals surface area contributed by atoms with Crippen LogP contribution in [0.5, 0.6) is 0 Å². The van der Waals surface area contributed by atoms with Crippen LogP contribution in [0, 0.1) is 0 Å². The maximum atomic E-state index is 5.84. The second-order valence-electron chi connectivity index (χ2n) is 4.66. The van der Waals surface area contributed by atoms with Crippen molar-refractivity contribution >= 4 is 12.6 Å². The summed E-state index contributed by atoms with van der Waals surface area (Å²) in [5.41, 5.74) is 7.23. The van der Waals surface area contributed by atoms with Gasteiger partial charge in [0.25, 0.3) is 0 Å². The van der Waals surface area contributed by atoms with E-state index in [0.29, 0.717) is 6.54 Å². The van der Waals surface area contributed by atoms with Gasteiger partial charge in [0.2, 0.25) is 0 Å². The van der Waals surface area contributed by atoms with Crippen molar-refractivity contribution in [2.45, 2.75) is 39.0 Å². The molecule has 1 aromatic rings. The highest BCUT2D eigenvalue weighted by molar-refractivity contribution is 6.61. The molecule has 4 nitrogen and oxygen atoms in total. The highest BCUT2D eigenvalue weighted by atomic mass is 16.7. The van der Waals surface area contributed by atoms with E-state index in [1.165, 1.54) is 0 Å². The van der Waals surface area contributed by atoms with Gasteiger partial charge >= 0.3 is 7.12 Å². The van der Waals surface area contributed by atoms with Gasteiger partial charge in [0.1, 0.15) is 0 Å². The largest absolute Gasteiger partial charge is 0.496 e. The zero-order chi connectivity index (χ0) is 11.8. The summed E-state index contributed by atoms with van der Waals surface area (Å²) in [6, 6.07) is 1.98. The lowest BCUT2D eigenvalue weighted by molar-refractivity contribution is 0.0842. The fourth-order valence-corrected chi connectivity index (χ4v) is 1.64. The molecule has 16 heavy (non-hydrogen) atoms. The molecule has 0 aliphatic carbocycles. The summed E-state index contributed by atoms with van der Waals surface area (Å²) in [7, 11) is -0.330. The van der Waals surface area contributed by atoms with E-state index < -0.39 is 0 Å². The summed E-state index contributed by atoms with van der Waals surface area (Å²) >= 11 is 0. The third-order valence-electron chi connectivity index (χ3n) is 3.04. The average molecular weight is 220 g/mol. The SMILES string of the molecule is CC1OB(c2cncc(CN)c2)OC1(C)C. The first-order chi connectivity index (χ1) is 7.53. The van der Waals surface area contributed by atoms with Crippen LogP contribution >= 0.6 is 0 Å². The molecule has 0 spiro atoms. The zero-order valence-electron chi connectivity index (χ0n) is 9.93. The Bertz CT molecular complexity index is 384. The molecule has 5 heteroatoms. The van der Waals surface area contributed by atoms with Crippen LogP contribution in [0.1, 0.15) is 26.3 Å². The number of aromatic nitrogens is 1. The van der Waals surface area contributed by atoms with Gasteiger partial charge in [-0.1, -0.05) is 6.07 Å². The van der Waals surface area contributed by atoms with Crippen molar-refractivity contribution in [1.29, 1.82) is 0 Å². The lowest BCUT2D eigenvalue weighted by Gasteiger charge is -2.21. The van der Waals surface area contributed by atoms with Crippen LogP contribution in [0.25, 0.3) is 0 Å². The molecule has 1 aliphatic rings. The lowest BCUT2D eigenvalue weighted by Crippen LogP contribution is -2.35. The van der Waals surface area contributed by atoms with Crippen molar-refractivity contribution in [2.75, 3.05) is 0 Å². The molecule has 0 amide bonds. The second-order valence-corrected chi connectivity index (χ2v) is 4.66. The average Bonchev–Trinajstić information content (AvgIpc) is 2.54. The van der Waals surface area contributed by atoms with E-state index in [0.717, 1.165) is 11.0 Å². The van der Waals surface area contributed by atoms with E-state index in [1.54, 1.807) is 12.4 Å². The van der Waals surface area contributed by atoms with Crippen molar-refractivity contribution < 1.29 is 9.31 Å². The van der Waals surface area contributed by atoms with Gasteiger partial charge in [-0.05, 0) is 26.3 Å². The number of nitrogens with zero attached hydrogens (tertiary/aromatic N) is 1. The van der Waals surface area contributed by atoms with Crippen LogP contribution in [0.15, 0.2) is 18.5 Å². The predicted octanol–water partition coefficient (Wildman–Crippen LogP) is 0.449. The molecule has 1 atom stereocenters. The zero-order valence-corrected chi connectivity index (χ0v) is 9.93. The topological polar surface area (TPSA) is 57.4 Å². The van der Waals surface area contributed by atoms with E-state index in [1.807, 2.05) is 26.8 Å². The van der Waals surface area contributed by atoms with Crippen molar-refractivity contribution in [3.05, 3.63) is 24.0 Å². The summed E-state index contributed by atoms with van der Waals surface area (Å²) in [6.45, 7) is 6.54. The Balaban J connectivity index is 2.20. The maximum Gasteiger partial charge on any atom is 0.496 e. The van der Waals surface area contributed by atoms with E-state index in [2.05, 4.69) is 4.98 Å². The molecule has 1 aliphatic heterocycles. The molecule has 0 bridgehead atoms. The molecule has 2 rings (SSSR count). The molecule has 2 heterocycles. The molecule has 1 fully saturated rings. The van der Waals surface area contributed by atoms with E-state index in [4.69, 9.17) is 15.0 Å². The van der Waals surface area contributed by atoms with E-state index in [-0.39, 0.29) is 18.8 Å². The third-order valence-corrected chi connectivity index (χ3v) is 3.04. The van der Waals surface area contributed by atoms with Gasteiger partial charge < -0.3 is 15.0 Å². The summed E-state index contributed by atoms with van der Waals surface area (Å²) in [5.74, 6) is 0. The van der Waals surface area contributed by atoms with Gasteiger partial charge in [-0.3, -0.25) is 4.98 Å². The van der Waals surface area contributed by atoms with Crippen LogP contribution in [-0.2, 0) is 15.9 Å². The summed E-state index contributed by atoms with van der Waals surface area (Å²) in [4.78, 5) is 4.13. The third kappa shape index (κ3) is 2.12. The smallest absolute Gasteiger partial charge is 0.402 e. The molecular formula is C11H17BN2O2. The first-order valence-corrected chi connectivity index (χ1v) is 5.50. The van der Waals surface area contributed by atoms with Gasteiger partial charge in [-0.15, -0.1) is 0 Å². The highest BCUT2D eigenvalue weighted by Gasteiger charge is 2.43. The van der Waals surface area contributed by atoms with Crippen molar-refractivity contribution in [1.82, 2.24) is 4.98 Å². The molecule has 1 aromatic heterocycles. The van der Waals surface area contributed by atoms with Gasteiger partial charge in [0, 0.05) is 24.4 Å². The molecule has 1 saturated heterocycles. The number of rotatable bonds is 2. The Morgan fingerprint density at radius 3 is 2.81 bits per heavy atom. The minimum Gasteiger partial charge on any atom is -0.402 e. The molecule has 0 saturated carbocycles. The number of hydrogen-bond donors (Lipinski definition) is 1. The van der Waals surface area contributed by atoms with Crippen molar-refractivity contribution in [3.8, 4) is 0 Å². The van der Waals surface area contributed by atoms with Crippen LogP contribution < -0.4 is 11.2 Å². The molecule has 86 valence electrons. The fraction of sp³-hybridized carbons (Fsp3) is 0.545. The number of hydrogen-bond acceptors (Lipinski definition) is 4. The van der Waals surface area contributed by atoms with Crippen molar-refractivity contribution in [2.24, 2.45) is 5.73 Å².